The Balaban J connectivity index is 1.64. The summed E-state index contributed by atoms with van der Waals surface area (Å²) in [6, 6.07) is 3.39. The van der Waals surface area contributed by atoms with Crippen molar-refractivity contribution in [1.29, 1.82) is 0 Å². The van der Waals surface area contributed by atoms with Crippen LogP contribution in [0.15, 0.2) is 36.9 Å². The first kappa shape index (κ1) is 21.2. The van der Waals surface area contributed by atoms with Gasteiger partial charge in [0, 0.05) is 56.3 Å². The molecular formula is C24H24F2N6O. The third kappa shape index (κ3) is 3.57. The minimum Gasteiger partial charge on any atom is -0.347 e. The highest BCUT2D eigenvalue weighted by Gasteiger charge is 2.26. The largest absolute Gasteiger partial charge is 0.347 e. The fraction of sp³-hybridized carbons (Fsp3) is 0.333. The van der Waals surface area contributed by atoms with Crippen molar-refractivity contribution in [1.82, 2.24) is 24.3 Å². The first-order valence-electron chi connectivity index (χ1n) is 10.9. The number of rotatable bonds is 5. The summed E-state index contributed by atoms with van der Waals surface area (Å²) in [6.45, 7) is 2.42. The third-order valence-corrected chi connectivity index (χ3v) is 6.20. The second-order valence-electron chi connectivity index (χ2n) is 8.36. The van der Waals surface area contributed by atoms with Crippen LogP contribution >= 0.6 is 0 Å². The van der Waals surface area contributed by atoms with Crippen molar-refractivity contribution in [2.75, 3.05) is 11.4 Å². The number of aromatic nitrogens is 5. The van der Waals surface area contributed by atoms with Crippen LogP contribution in [0.2, 0.25) is 0 Å². The molecule has 1 aliphatic heterocycles. The fourth-order valence-electron chi connectivity index (χ4n) is 4.52. The average molecular weight is 450 g/mol. The number of hydrogen-bond donors (Lipinski definition) is 0. The van der Waals surface area contributed by atoms with Crippen LogP contribution in [0, 0.1) is 0 Å². The number of anilines is 2. The smallest absolute Gasteiger partial charge is 0.264 e. The van der Waals surface area contributed by atoms with E-state index in [9.17, 15) is 13.6 Å². The Morgan fingerprint density at radius 2 is 2.00 bits per heavy atom. The van der Waals surface area contributed by atoms with Crippen molar-refractivity contribution in [2.24, 2.45) is 14.1 Å². The number of fused-ring (bicyclic) bond motifs is 2. The van der Waals surface area contributed by atoms with E-state index >= 15 is 0 Å². The molecule has 0 saturated heterocycles. The number of nitrogens with zero attached hydrogens (tertiary/aromatic N) is 6. The van der Waals surface area contributed by atoms with Crippen LogP contribution in [-0.4, -0.2) is 36.6 Å². The van der Waals surface area contributed by atoms with Crippen LogP contribution in [0.4, 0.5) is 20.4 Å². The van der Waals surface area contributed by atoms with E-state index in [0.717, 1.165) is 23.9 Å². The lowest BCUT2D eigenvalue weighted by atomic mass is 9.93. The molecule has 1 aliphatic rings. The van der Waals surface area contributed by atoms with Crippen LogP contribution < -0.4 is 4.90 Å². The minimum absolute atomic E-state index is 0.00499. The molecule has 0 unspecified atom stereocenters. The van der Waals surface area contributed by atoms with E-state index in [1.807, 2.05) is 29.5 Å². The molecule has 33 heavy (non-hydrogen) atoms. The number of carbonyl (C=O) groups excluding carboxylic acids is 1. The summed E-state index contributed by atoms with van der Waals surface area (Å²) >= 11 is 0. The summed E-state index contributed by atoms with van der Waals surface area (Å²) in [5.41, 5.74) is 4.66. The first-order chi connectivity index (χ1) is 15.9. The van der Waals surface area contributed by atoms with Crippen molar-refractivity contribution in [3.8, 4) is 11.1 Å². The monoisotopic (exact) mass is 450 g/mol. The molecule has 7 nitrogen and oxygen atoms in total. The van der Waals surface area contributed by atoms with Crippen LogP contribution in [0.5, 0.6) is 0 Å². The number of benzene rings is 1. The molecule has 4 aromatic rings. The Morgan fingerprint density at radius 3 is 2.70 bits per heavy atom. The van der Waals surface area contributed by atoms with E-state index in [0.29, 0.717) is 46.8 Å². The standard InChI is InChI=1S/C24H24F2N6O/c1-4-21(33)18-13-30(2)20-11-27-24(29-22(18)20)32-7-5-6-14-8-16(15-10-28-31(3)12-15)17(23(25)26)9-19(14)32/h8-13,23H,4-7H2,1-3H3. The zero-order valence-electron chi connectivity index (χ0n) is 18.7. The lowest BCUT2D eigenvalue weighted by Gasteiger charge is -2.31. The van der Waals surface area contributed by atoms with Gasteiger partial charge in [0.25, 0.3) is 6.43 Å². The molecule has 1 aromatic carbocycles. The molecule has 0 fully saturated rings. The van der Waals surface area contributed by atoms with E-state index in [2.05, 4.69) is 10.1 Å². The molecule has 0 atom stereocenters. The second-order valence-corrected chi connectivity index (χ2v) is 8.36. The predicted molar refractivity (Wildman–Crippen MR) is 122 cm³/mol. The summed E-state index contributed by atoms with van der Waals surface area (Å²) < 4.78 is 31.6. The summed E-state index contributed by atoms with van der Waals surface area (Å²) in [7, 11) is 3.61. The lowest BCUT2D eigenvalue weighted by molar-refractivity contribution is 0.0989. The van der Waals surface area contributed by atoms with E-state index < -0.39 is 6.43 Å². The molecule has 0 bridgehead atoms. The van der Waals surface area contributed by atoms with Crippen molar-refractivity contribution in [3.05, 3.63) is 53.6 Å². The lowest BCUT2D eigenvalue weighted by Crippen LogP contribution is -2.26. The number of alkyl halides is 2. The number of hydrogen-bond acceptors (Lipinski definition) is 5. The third-order valence-electron chi connectivity index (χ3n) is 6.20. The van der Waals surface area contributed by atoms with Crippen molar-refractivity contribution in [2.45, 2.75) is 32.6 Å². The molecule has 0 N–H and O–H groups in total. The fourth-order valence-corrected chi connectivity index (χ4v) is 4.52. The zero-order valence-corrected chi connectivity index (χ0v) is 18.7. The van der Waals surface area contributed by atoms with Gasteiger partial charge in [-0.1, -0.05) is 6.92 Å². The molecule has 170 valence electrons. The van der Waals surface area contributed by atoms with E-state index in [1.165, 1.54) is 0 Å². The van der Waals surface area contributed by atoms with Crippen LogP contribution in [0.25, 0.3) is 22.2 Å². The second kappa shape index (κ2) is 8.06. The van der Waals surface area contributed by atoms with E-state index in [1.54, 1.807) is 42.6 Å². The zero-order chi connectivity index (χ0) is 23.3. The number of Topliss-reactive ketones (excluding diaryl/α,β-unsaturated/α-hetero) is 1. The highest BCUT2D eigenvalue weighted by molar-refractivity contribution is 6.06. The predicted octanol–water partition coefficient (Wildman–Crippen LogP) is 4.98. The molecule has 0 aliphatic carbocycles. The maximum atomic E-state index is 14.1. The van der Waals surface area contributed by atoms with Gasteiger partial charge in [-0.15, -0.1) is 0 Å². The van der Waals surface area contributed by atoms with Gasteiger partial charge in [0.2, 0.25) is 5.95 Å². The SMILES string of the molecule is CCC(=O)c1cn(C)c2cnc(N3CCCc4cc(-c5cnn(C)c5)c(C(F)F)cc43)nc12. The molecule has 0 radical (unpaired) electrons. The Bertz CT molecular complexity index is 1370. The van der Waals surface area contributed by atoms with Gasteiger partial charge in [0.1, 0.15) is 5.52 Å². The van der Waals surface area contributed by atoms with Crippen LogP contribution in [0.1, 0.15) is 47.7 Å². The summed E-state index contributed by atoms with van der Waals surface area (Å²) in [5, 5.41) is 4.14. The topological polar surface area (TPSA) is 68.8 Å². The Kier molecular flexibility index (Phi) is 5.19. The van der Waals surface area contributed by atoms with Gasteiger partial charge < -0.3 is 9.47 Å². The van der Waals surface area contributed by atoms with Crippen LogP contribution in [0.3, 0.4) is 0 Å². The molecular weight excluding hydrogens is 426 g/mol. The number of halogens is 2. The molecule has 0 saturated carbocycles. The number of aryl methyl sites for hydroxylation is 3. The minimum atomic E-state index is -2.64. The number of ketones is 1. The first-order valence-corrected chi connectivity index (χ1v) is 10.9. The molecule has 9 heteroatoms. The highest BCUT2D eigenvalue weighted by atomic mass is 19.3. The summed E-state index contributed by atoms with van der Waals surface area (Å²) in [6.07, 6.45) is 6.16. The van der Waals surface area contributed by atoms with Gasteiger partial charge in [-0.3, -0.25) is 9.48 Å². The summed E-state index contributed by atoms with van der Waals surface area (Å²) in [4.78, 5) is 23.6. The Labute approximate surface area is 189 Å². The van der Waals surface area contributed by atoms with Gasteiger partial charge in [-0.2, -0.15) is 5.10 Å². The van der Waals surface area contributed by atoms with Crippen LogP contribution in [-0.2, 0) is 20.5 Å². The molecule has 3 aromatic heterocycles. The average Bonchev–Trinajstić information content (AvgIpc) is 3.40. The van der Waals surface area contributed by atoms with Gasteiger partial charge in [-0.25, -0.2) is 18.7 Å². The maximum Gasteiger partial charge on any atom is 0.264 e. The van der Waals surface area contributed by atoms with Crippen molar-refractivity contribution in [3.63, 3.8) is 0 Å². The summed E-state index contributed by atoms with van der Waals surface area (Å²) in [5.74, 6) is 0.416. The highest BCUT2D eigenvalue weighted by Crippen LogP contribution is 2.40. The van der Waals surface area contributed by atoms with E-state index in [4.69, 9.17) is 4.98 Å². The van der Waals surface area contributed by atoms with Crippen molar-refractivity contribution < 1.29 is 13.6 Å². The van der Waals surface area contributed by atoms with Gasteiger partial charge in [-0.05, 0) is 36.1 Å². The number of carbonyl (C=O) groups is 1. The van der Waals surface area contributed by atoms with Gasteiger partial charge >= 0.3 is 0 Å². The molecule has 5 rings (SSSR count). The van der Waals surface area contributed by atoms with E-state index in [-0.39, 0.29) is 11.3 Å². The normalized spacial score (nSPS) is 13.7. The van der Waals surface area contributed by atoms with Crippen molar-refractivity contribution >= 4 is 28.5 Å². The maximum absolute atomic E-state index is 14.1. The molecule has 4 heterocycles. The molecule has 0 amide bonds. The van der Waals surface area contributed by atoms with Gasteiger partial charge in [0.05, 0.1) is 23.5 Å². The Hall–Kier alpha value is -3.62. The van der Waals surface area contributed by atoms with Gasteiger partial charge in [0.15, 0.2) is 5.78 Å². The quantitative estimate of drug-likeness (QED) is 0.401. The Morgan fingerprint density at radius 1 is 1.18 bits per heavy atom. The molecule has 0 spiro atoms.